The molecule has 17 atom stereocenters. The molecule has 0 spiro atoms. The maximum Gasteiger partial charge on any atom is 0.306 e. The third kappa shape index (κ3) is 31.1. The van der Waals surface area contributed by atoms with Gasteiger partial charge in [0.1, 0.15) is 38.5 Å². The van der Waals surface area contributed by atoms with Crippen molar-refractivity contribution in [2.45, 2.75) is 248 Å². The Bertz CT molecular complexity index is 2470. The zero-order valence-corrected chi connectivity index (χ0v) is 59.1. The third-order valence-corrected chi connectivity index (χ3v) is 19.4. The summed E-state index contributed by atoms with van der Waals surface area (Å²) in [5, 5.41) is 14.6. The number of amides is 5. The summed E-state index contributed by atoms with van der Waals surface area (Å²) in [6.45, 7) is 25.5. The number of hydrogen-bond acceptors (Lipinski definition) is 19. The van der Waals surface area contributed by atoms with Crippen LogP contribution in [0.3, 0.4) is 0 Å². The Kier molecular flexibility index (Phi) is 38.6. The lowest BCUT2D eigenvalue weighted by Crippen LogP contribution is -2.53. The topological polar surface area (TPSA) is 306 Å². The summed E-state index contributed by atoms with van der Waals surface area (Å²) in [5.41, 5.74) is 0.849. The SMILES string of the molecule is CC(=O)OCC1O[C@@H](OCCCCC(=O)NCCCCC(NC(=O)CCCCO[C@@H]2OC(COC(C)=O)[C@H](C)C(C)[C@@H]2C)C(=O)NC(CCCCNC(=O)CCCCO[C@@H]2OC(COC(C)=O)[C@H](C)C(C)[C@@H]2C)C(=O)NCCCC(=O)OCc2ccccc2)[C@@H](C)C(C)[C@H]1C. The van der Waals surface area contributed by atoms with Gasteiger partial charge in [-0.1, -0.05) is 92.6 Å². The maximum atomic E-state index is 14.4. The third-order valence-electron chi connectivity index (χ3n) is 19.4. The number of nitrogens with one attached hydrogen (secondary N) is 5. The van der Waals surface area contributed by atoms with Crippen LogP contribution in [0.15, 0.2) is 30.3 Å². The Morgan fingerprint density at radius 3 is 1.17 bits per heavy atom. The molecule has 0 bridgehead atoms. The van der Waals surface area contributed by atoms with E-state index in [1.165, 1.54) is 20.8 Å². The molecule has 24 heteroatoms. The second kappa shape index (κ2) is 44.9. The largest absolute Gasteiger partial charge is 0.463 e. The second-order valence-corrected chi connectivity index (χ2v) is 26.7. The predicted molar refractivity (Wildman–Crippen MR) is 354 cm³/mol. The van der Waals surface area contributed by atoms with Crippen LogP contribution < -0.4 is 26.6 Å². The lowest BCUT2D eigenvalue weighted by atomic mass is 9.79. The van der Waals surface area contributed by atoms with Gasteiger partial charge in [-0.25, -0.2) is 0 Å². The van der Waals surface area contributed by atoms with Gasteiger partial charge in [-0.2, -0.15) is 0 Å². The molecule has 3 aliphatic rings. The van der Waals surface area contributed by atoms with E-state index in [1.807, 2.05) is 30.3 Å². The number of ether oxygens (including phenoxy) is 10. The summed E-state index contributed by atoms with van der Waals surface area (Å²) < 4.78 is 58.2. The average molecular weight is 1340 g/mol. The summed E-state index contributed by atoms with van der Waals surface area (Å²) in [7, 11) is 0. The fourth-order valence-electron chi connectivity index (χ4n) is 12.0. The molecule has 3 saturated heterocycles. The van der Waals surface area contributed by atoms with Crippen molar-refractivity contribution in [3.05, 3.63) is 35.9 Å². The lowest BCUT2D eigenvalue weighted by Gasteiger charge is -2.43. The molecule has 0 radical (unpaired) electrons. The first kappa shape index (κ1) is 81.6. The Hall–Kier alpha value is -5.79. The molecule has 0 aliphatic carbocycles. The van der Waals surface area contributed by atoms with Crippen molar-refractivity contribution < 1.29 is 90.5 Å². The highest BCUT2D eigenvalue weighted by atomic mass is 16.7. The zero-order chi connectivity index (χ0) is 69.8. The minimum atomic E-state index is -1.03. The second-order valence-electron chi connectivity index (χ2n) is 26.7. The molecule has 540 valence electrons. The van der Waals surface area contributed by atoms with Crippen LogP contribution in [0.5, 0.6) is 0 Å². The molecule has 0 saturated carbocycles. The minimum absolute atomic E-state index is 0.0554. The van der Waals surface area contributed by atoms with E-state index in [-0.39, 0.29) is 185 Å². The Morgan fingerprint density at radius 1 is 0.389 bits per heavy atom. The molecule has 8 unspecified atom stereocenters. The van der Waals surface area contributed by atoms with Gasteiger partial charge in [-0.3, -0.25) is 43.2 Å². The van der Waals surface area contributed by atoms with Crippen LogP contribution in [0.25, 0.3) is 0 Å². The van der Waals surface area contributed by atoms with Gasteiger partial charge >= 0.3 is 23.9 Å². The normalized spacial score (nSPS) is 26.4. The van der Waals surface area contributed by atoms with Crippen LogP contribution in [0.4, 0.5) is 0 Å². The van der Waals surface area contributed by atoms with Gasteiger partial charge in [0.2, 0.25) is 29.5 Å². The van der Waals surface area contributed by atoms with Crippen LogP contribution in [0.1, 0.15) is 198 Å². The molecular weight excluding hydrogens is 1230 g/mol. The number of carbonyl (C=O) groups is 9. The summed E-state index contributed by atoms with van der Waals surface area (Å²) in [5.74, 6) is -1.56. The highest BCUT2D eigenvalue weighted by molar-refractivity contribution is 5.92. The number of benzene rings is 1. The van der Waals surface area contributed by atoms with Crippen molar-refractivity contribution in [3.8, 4) is 0 Å². The smallest absolute Gasteiger partial charge is 0.306 e. The first-order chi connectivity index (χ1) is 45.4. The lowest BCUT2D eigenvalue weighted by molar-refractivity contribution is -0.255. The van der Waals surface area contributed by atoms with E-state index >= 15 is 0 Å². The van der Waals surface area contributed by atoms with Crippen LogP contribution >= 0.6 is 0 Å². The predicted octanol–water partition coefficient (Wildman–Crippen LogP) is 8.32. The molecule has 1 aromatic rings. The quantitative estimate of drug-likeness (QED) is 0.0233. The van der Waals surface area contributed by atoms with E-state index < -0.39 is 48.7 Å². The first-order valence-corrected chi connectivity index (χ1v) is 35.2. The van der Waals surface area contributed by atoms with Gasteiger partial charge in [0.05, 0.1) is 18.3 Å². The molecule has 5 N–H and O–H groups in total. The molecular formula is C71H117N5O19. The average Bonchev–Trinajstić information content (AvgIpc) is 0.844. The summed E-state index contributed by atoms with van der Waals surface area (Å²) >= 11 is 0. The Morgan fingerprint density at radius 2 is 0.768 bits per heavy atom. The van der Waals surface area contributed by atoms with E-state index in [4.69, 9.17) is 47.4 Å². The maximum absolute atomic E-state index is 14.4. The summed E-state index contributed by atoms with van der Waals surface area (Å²) in [4.78, 5) is 115. The van der Waals surface area contributed by atoms with Crippen molar-refractivity contribution >= 4 is 53.4 Å². The van der Waals surface area contributed by atoms with Crippen molar-refractivity contribution in [2.24, 2.45) is 53.3 Å². The highest BCUT2D eigenvalue weighted by Gasteiger charge is 2.43. The van der Waals surface area contributed by atoms with Gasteiger partial charge in [-0.05, 0) is 125 Å². The first-order valence-electron chi connectivity index (χ1n) is 35.2. The molecule has 3 fully saturated rings. The van der Waals surface area contributed by atoms with E-state index in [0.29, 0.717) is 97.1 Å². The van der Waals surface area contributed by atoms with Crippen LogP contribution in [0, 0.1) is 53.3 Å². The van der Waals surface area contributed by atoms with Gasteiger partial charge in [0, 0.05) is 104 Å². The zero-order valence-electron chi connectivity index (χ0n) is 59.1. The number of unbranched alkanes of at least 4 members (excludes halogenated alkanes) is 5. The number of carbonyl (C=O) groups excluding carboxylic acids is 9. The fourth-order valence-corrected chi connectivity index (χ4v) is 12.0. The van der Waals surface area contributed by atoms with Crippen LogP contribution in [0.2, 0.25) is 0 Å². The standard InChI is InChI=1S/C71H117N5O19/c1-45-48(4)60(42-89-54(10)77)93-69(51(45)7)86-38-23-18-31-63(80)72-35-21-16-29-58(67(84)74-37-26-34-66(83)92-41-57-27-14-13-15-28-57)76-68(85)59(75-65(82)33-20-25-40-88-71-53(9)47(3)50(6)62(95-71)44-91-56(12)79)30-17-22-36-73-64(81)32-19-24-39-87-70-52(8)46(2)49(5)61(94-70)43-90-55(11)78/h13-15,27-28,45-53,58-62,69-71H,16-26,29-44H2,1-12H3,(H,72,80)(H,73,81)(H,74,84)(H,75,82)(H,76,85)/t45?,46?,47?,48-,49-,50-,51+,52+,53+,58?,59?,60?,61?,62?,69-,70-,71-/m1/s1. The number of rotatable bonds is 44. The number of esters is 4. The van der Waals surface area contributed by atoms with E-state index in [9.17, 15) is 43.2 Å². The highest BCUT2D eigenvalue weighted by Crippen LogP contribution is 2.38. The summed E-state index contributed by atoms with van der Waals surface area (Å²) in [6, 6.07) is 7.24. The minimum Gasteiger partial charge on any atom is -0.463 e. The van der Waals surface area contributed by atoms with Crippen LogP contribution in [-0.2, 0) is 97.1 Å². The van der Waals surface area contributed by atoms with Crippen LogP contribution in [-0.4, -0.2) is 162 Å². The van der Waals surface area contributed by atoms with E-state index in [1.54, 1.807) is 0 Å². The molecule has 95 heavy (non-hydrogen) atoms. The van der Waals surface area contributed by atoms with Gasteiger partial charge in [0.25, 0.3) is 0 Å². The molecule has 24 nitrogen and oxygen atoms in total. The van der Waals surface area contributed by atoms with Crippen molar-refractivity contribution in [1.29, 1.82) is 0 Å². The molecule has 0 aromatic heterocycles. The molecule has 3 aliphatic heterocycles. The van der Waals surface area contributed by atoms with E-state index in [2.05, 4.69) is 88.9 Å². The fraction of sp³-hybridized carbons (Fsp3) is 0.789. The van der Waals surface area contributed by atoms with Crippen molar-refractivity contribution in [3.63, 3.8) is 0 Å². The van der Waals surface area contributed by atoms with Gasteiger partial charge in [-0.15, -0.1) is 0 Å². The number of hydrogen-bond donors (Lipinski definition) is 5. The van der Waals surface area contributed by atoms with Crippen molar-refractivity contribution in [1.82, 2.24) is 26.6 Å². The molecule has 4 rings (SSSR count). The van der Waals surface area contributed by atoms with Gasteiger partial charge < -0.3 is 74.0 Å². The Labute approximate surface area is 564 Å². The summed E-state index contributed by atoms with van der Waals surface area (Å²) in [6.07, 6.45) is 4.39. The van der Waals surface area contributed by atoms with Gasteiger partial charge in [0.15, 0.2) is 18.9 Å². The van der Waals surface area contributed by atoms with E-state index in [0.717, 1.165) is 5.56 Å². The molecule has 3 heterocycles. The molecule has 1 aromatic carbocycles. The monoisotopic (exact) mass is 1340 g/mol. The van der Waals surface area contributed by atoms with Crippen molar-refractivity contribution in [2.75, 3.05) is 59.3 Å². The molecule has 5 amide bonds. The Balaban J connectivity index is 1.32.